The summed E-state index contributed by atoms with van der Waals surface area (Å²) in [7, 11) is 1.56. The van der Waals surface area contributed by atoms with E-state index in [0.29, 0.717) is 10.6 Å². The van der Waals surface area contributed by atoms with Crippen LogP contribution in [0.1, 0.15) is 17.3 Å². The van der Waals surface area contributed by atoms with Crippen LogP contribution in [0.15, 0.2) is 27.8 Å². The zero-order valence-corrected chi connectivity index (χ0v) is 12.2. The van der Waals surface area contributed by atoms with Gasteiger partial charge in [0.25, 0.3) is 5.91 Å². The van der Waals surface area contributed by atoms with Crippen LogP contribution in [-0.4, -0.2) is 34.9 Å². The van der Waals surface area contributed by atoms with Gasteiger partial charge in [-0.05, 0) is 25.1 Å². The Morgan fingerprint density at radius 3 is 2.72 bits per heavy atom. The zero-order valence-electron chi connectivity index (χ0n) is 9.89. The van der Waals surface area contributed by atoms with Crippen molar-refractivity contribution >= 4 is 39.3 Å². The molecule has 0 spiro atoms. The molecule has 98 valence electrons. The molecule has 0 heterocycles. The van der Waals surface area contributed by atoms with E-state index in [-0.39, 0.29) is 11.7 Å². The smallest absolute Gasteiger partial charge is 0.255 e. The van der Waals surface area contributed by atoms with Gasteiger partial charge in [-0.2, -0.15) is 0 Å². The number of amidine groups is 1. The number of benzene rings is 1. The number of amides is 1. The third kappa shape index (κ3) is 3.14. The lowest BCUT2D eigenvalue weighted by atomic mass is 10.1. The highest BCUT2D eigenvalue weighted by Crippen LogP contribution is 2.22. The summed E-state index contributed by atoms with van der Waals surface area (Å²) in [4.78, 5) is 13.5. The van der Waals surface area contributed by atoms with Gasteiger partial charge in [0.15, 0.2) is 5.84 Å². The minimum atomic E-state index is -0.526. The van der Waals surface area contributed by atoms with E-state index in [0.717, 1.165) is 4.47 Å². The maximum absolute atomic E-state index is 12.2. The number of likely N-dealkylation sites (N-methyl/N-ethyl adjacent to an activating group) is 1. The Morgan fingerprint density at radius 1 is 1.61 bits per heavy atom. The largest absolute Gasteiger partial charge is 0.409 e. The van der Waals surface area contributed by atoms with Crippen LogP contribution in [0.25, 0.3) is 0 Å². The third-order valence-electron chi connectivity index (χ3n) is 2.61. The first kappa shape index (κ1) is 14.8. The fourth-order valence-electron chi connectivity index (χ4n) is 1.31. The number of carbonyl (C=O) groups excluding carboxylic acids is 1. The van der Waals surface area contributed by atoms with Crippen LogP contribution in [0, 0.1) is 0 Å². The highest BCUT2D eigenvalue weighted by molar-refractivity contribution is 9.10. The van der Waals surface area contributed by atoms with Crippen molar-refractivity contribution in [3.63, 3.8) is 0 Å². The Labute approximate surface area is 118 Å². The quantitative estimate of drug-likeness (QED) is 0.385. The average Bonchev–Trinajstić information content (AvgIpc) is 2.35. The number of oxime groups is 1. The third-order valence-corrected chi connectivity index (χ3v) is 3.41. The maximum Gasteiger partial charge on any atom is 0.255 e. The Morgan fingerprint density at radius 2 is 2.22 bits per heavy atom. The SMILES string of the molecule is CC(C(N)=NO)N(C)C(=O)c1ccc(Br)cc1Cl. The van der Waals surface area contributed by atoms with Gasteiger partial charge in [-0.3, -0.25) is 4.79 Å². The van der Waals surface area contributed by atoms with Crippen molar-refractivity contribution in [3.8, 4) is 0 Å². The van der Waals surface area contributed by atoms with Gasteiger partial charge in [0, 0.05) is 11.5 Å². The minimum Gasteiger partial charge on any atom is -0.409 e. The summed E-state index contributed by atoms with van der Waals surface area (Å²) in [6.07, 6.45) is 0. The lowest BCUT2D eigenvalue weighted by Crippen LogP contribution is -2.43. The number of halogens is 2. The summed E-state index contributed by atoms with van der Waals surface area (Å²) < 4.78 is 0.788. The fraction of sp³-hybridized carbons (Fsp3) is 0.273. The van der Waals surface area contributed by atoms with Gasteiger partial charge < -0.3 is 15.8 Å². The number of hydrogen-bond donors (Lipinski definition) is 2. The molecule has 0 bridgehead atoms. The molecule has 0 radical (unpaired) electrons. The molecule has 0 saturated carbocycles. The lowest BCUT2D eigenvalue weighted by Gasteiger charge is -2.24. The monoisotopic (exact) mass is 333 g/mol. The number of nitrogens with zero attached hydrogens (tertiary/aromatic N) is 2. The van der Waals surface area contributed by atoms with Crippen LogP contribution in [0.3, 0.4) is 0 Å². The molecule has 18 heavy (non-hydrogen) atoms. The molecule has 5 nitrogen and oxygen atoms in total. The second kappa shape index (κ2) is 6.06. The molecule has 0 aliphatic carbocycles. The van der Waals surface area contributed by atoms with E-state index in [9.17, 15) is 4.79 Å². The predicted molar refractivity (Wildman–Crippen MR) is 74.1 cm³/mol. The fourth-order valence-corrected chi connectivity index (χ4v) is 2.07. The van der Waals surface area contributed by atoms with Crippen LogP contribution in [0.5, 0.6) is 0 Å². The number of nitrogens with two attached hydrogens (primary N) is 1. The molecular weight excluding hydrogens is 321 g/mol. The van der Waals surface area contributed by atoms with Gasteiger partial charge in [-0.1, -0.05) is 32.7 Å². The molecule has 1 aromatic carbocycles. The second-order valence-electron chi connectivity index (χ2n) is 3.74. The lowest BCUT2D eigenvalue weighted by molar-refractivity contribution is 0.0776. The molecule has 1 aromatic rings. The van der Waals surface area contributed by atoms with Gasteiger partial charge >= 0.3 is 0 Å². The normalized spacial score (nSPS) is 13.2. The summed E-state index contributed by atoms with van der Waals surface area (Å²) in [5, 5.41) is 11.8. The Balaban J connectivity index is 3.00. The number of hydrogen-bond acceptors (Lipinski definition) is 3. The Bertz CT molecular complexity index is 493. The topological polar surface area (TPSA) is 78.9 Å². The van der Waals surface area contributed by atoms with Gasteiger partial charge in [0.05, 0.1) is 16.6 Å². The van der Waals surface area contributed by atoms with E-state index in [2.05, 4.69) is 21.1 Å². The Kier molecular flexibility index (Phi) is 4.98. The van der Waals surface area contributed by atoms with E-state index in [1.54, 1.807) is 32.2 Å². The summed E-state index contributed by atoms with van der Waals surface area (Å²) in [5.41, 5.74) is 5.82. The molecule has 1 unspecified atom stereocenters. The van der Waals surface area contributed by atoms with E-state index in [1.807, 2.05) is 0 Å². The van der Waals surface area contributed by atoms with Crippen molar-refractivity contribution in [2.24, 2.45) is 10.9 Å². The zero-order chi connectivity index (χ0) is 13.9. The highest BCUT2D eigenvalue weighted by atomic mass is 79.9. The van der Waals surface area contributed by atoms with E-state index >= 15 is 0 Å². The second-order valence-corrected chi connectivity index (χ2v) is 5.06. The van der Waals surface area contributed by atoms with Crippen molar-refractivity contribution in [2.75, 3.05) is 7.05 Å². The van der Waals surface area contributed by atoms with E-state index in [1.165, 1.54) is 4.90 Å². The molecule has 0 aromatic heterocycles. The Hall–Kier alpha value is -1.27. The van der Waals surface area contributed by atoms with E-state index < -0.39 is 6.04 Å². The van der Waals surface area contributed by atoms with Gasteiger partial charge in [-0.15, -0.1) is 0 Å². The standard InChI is InChI=1S/C11H13BrClN3O2/c1-6(10(14)15-18)16(2)11(17)8-4-3-7(12)5-9(8)13/h3-6,18H,1-2H3,(H2,14,15). The van der Waals surface area contributed by atoms with Crippen molar-refractivity contribution < 1.29 is 10.0 Å². The number of rotatable bonds is 3. The molecule has 0 aliphatic rings. The summed E-state index contributed by atoms with van der Waals surface area (Å²) in [5.74, 6) is -0.342. The van der Waals surface area contributed by atoms with Crippen molar-refractivity contribution in [1.29, 1.82) is 0 Å². The summed E-state index contributed by atoms with van der Waals surface area (Å²) >= 11 is 9.26. The van der Waals surface area contributed by atoms with Crippen LogP contribution in [-0.2, 0) is 0 Å². The van der Waals surface area contributed by atoms with Crippen LogP contribution in [0.4, 0.5) is 0 Å². The molecular formula is C11H13BrClN3O2. The number of carbonyl (C=O) groups is 1. The summed E-state index contributed by atoms with van der Waals surface area (Å²) in [6.45, 7) is 1.65. The first-order valence-corrected chi connectivity index (χ1v) is 6.25. The molecule has 0 fully saturated rings. The van der Waals surface area contributed by atoms with Gasteiger partial charge in [-0.25, -0.2) is 0 Å². The average molecular weight is 335 g/mol. The van der Waals surface area contributed by atoms with Gasteiger partial charge in [0.1, 0.15) is 0 Å². The highest BCUT2D eigenvalue weighted by Gasteiger charge is 2.22. The maximum atomic E-state index is 12.2. The van der Waals surface area contributed by atoms with Crippen LogP contribution in [0.2, 0.25) is 5.02 Å². The molecule has 1 atom stereocenters. The molecule has 3 N–H and O–H groups in total. The first-order chi connectivity index (χ1) is 8.38. The van der Waals surface area contributed by atoms with Crippen LogP contribution >= 0.6 is 27.5 Å². The first-order valence-electron chi connectivity index (χ1n) is 5.08. The van der Waals surface area contributed by atoms with Crippen molar-refractivity contribution in [3.05, 3.63) is 33.3 Å². The molecule has 1 rings (SSSR count). The molecule has 0 saturated heterocycles. The molecule has 7 heteroatoms. The summed E-state index contributed by atoms with van der Waals surface area (Å²) in [6, 6.07) is 4.45. The molecule has 0 aliphatic heterocycles. The molecule has 1 amide bonds. The predicted octanol–water partition coefficient (Wildman–Crippen LogP) is 2.31. The van der Waals surface area contributed by atoms with Gasteiger partial charge in [0.2, 0.25) is 0 Å². The minimum absolute atomic E-state index is 0.0425. The van der Waals surface area contributed by atoms with Crippen molar-refractivity contribution in [2.45, 2.75) is 13.0 Å². The van der Waals surface area contributed by atoms with Crippen LogP contribution < -0.4 is 5.73 Å². The van der Waals surface area contributed by atoms with E-state index in [4.69, 9.17) is 22.5 Å². The van der Waals surface area contributed by atoms with Crippen molar-refractivity contribution in [1.82, 2.24) is 4.90 Å².